The first-order valence-corrected chi connectivity index (χ1v) is 14.4. The molecule has 0 radical (unpaired) electrons. The number of carbonyl (C=O) groups excluding carboxylic acids is 1. The highest BCUT2D eigenvalue weighted by atomic mass is 16.2. The fraction of sp³-hybridized carbons (Fsp3) is 0.533. The van der Waals surface area contributed by atoms with Crippen molar-refractivity contribution in [3.8, 4) is 0 Å². The van der Waals surface area contributed by atoms with Crippen LogP contribution in [-0.2, 0) is 11.3 Å². The maximum Gasteiger partial charge on any atom is 0.327 e. The van der Waals surface area contributed by atoms with Crippen molar-refractivity contribution in [1.82, 2.24) is 29.3 Å². The predicted molar refractivity (Wildman–Crippen MR) is 152 cm³/mol. The molecule has 2 aromatic heterocycles. The lowest BCUT2D eigenvalue weighted by molar-refractivity contribution is -0.128. The monoisotopic (exact) mass is 529 g/mol. The Morgan fingerprint density at radius 3 is 2.56 bits per heavy atom. The van der Waals surface area contributed by atoms with Gasteiger partial charge in [0.05, 0.1) is 12.2 Å². The first-order chi connectivity index (χ1) is 18.9. The van der Waals surface area contributed by atoms with Gasteiger partial charge in [0, 0.05) is 38.8 Å². The molecule has 206 valence electrons. The molecule has 2 N–H and O–H groups in total. The highest BCUT2D eigenvalue weighted by molar-refractivity contribution is 5.87. The number of fused-ring (bicyclic) bond motifs is 2. The van der Waals surface area contributed by atoms with E-state index in [1.54, 1.807) is 10.8 Å². The van der Waals surface area contributed by atoms with Gasteiger partial charge in [-0.2, -0.15) is 4.98 Å². The van der Waals surface area contributed by atoms with E-state index in [-0.39, 0.29) is 17.6 Å². The van der Waals surface area contributed by atoms with Crippen LogP contribution in [0.25, 0.3) is 11.2 Å². The second-order valence-electron chi connectivity index (χ2n) is 11.7. The van der Waals surface area contributed by atoms with Crippen molar-refractivity contribution in [2.75, 3.05) is 31.5 Å². The third-order valence-corrected chi connectivity index (χ3v) is 9.39. The summed E-state index contributed by atoms with van der Waals surface area (Å²) in [6, 6.07) is 9.37. The van der Waals surface area contributed by atoms with E-state index in [1.807, 2.05) is 11.8 Å². The second-order valence-corrected chi connectivity index (χ2v) is 11.7. The lowest BCUT2D eigenvalue weighted by Gasteiger charge is -2.46. The predicted octanol–water partition coefficient (Wildman–Crippen LogP) is 4.26. The minimum absolute atomic E-state index is 0.00460. The molecule has 3 aromatic rings. The molecule has 3 heterocycles. The van der Waals surface area contributed by atoms with Gasteiger partial charge in [-0.1, -0.05) is 30.8 Å². The van der Waals surface area contributed by atoms with Crippen LogP contribution >= 0.6 is 0 Å². The SMILES string of the molecule is C=CC(=O)N1CCN([C@H](CC23CCC(C2)C3)c2ccc([C@H](C)Nc3ncc4[nH]c(=O)n(CC)c4n3)cc2)CC1. The Morgan fingerprint density at radius 1 is 1.21 bits per heavy atom. The molecule has 2 atom stereocenters. The average Bonchev–Trinajstić information content (AvgIpc) is 3.63. The molecule has 4 aliphatic rings. The lowest BCUT2D eigenvalue weighted by atomic mass is 9.65. The van der Waals surface area contributed by atoms with E-state index in [2.05, 4.69) is 62.9 Å². The minimum Gasteiger partial charge on any atom is -0.348 e. The number of aromatic nitrogens is 4. The number of nitrogens with one attached hydrogen (secondary N) is 2. The van der Waals surface area contributed by atoms with Crippen molar-refractivity contribution in [1.29, 1.82) is 0 Å². The second kappa shape index (κ2) is 10.3. The summed E-state index contributed by atoms with van der Waals surface area (Å²) >= 11 is 0. The number of piperazine rings is 1. The first-order valence-electron chi connectivity index (χ1n) is 14.4. The Kier molecular flexibility index (Phi) is 6.79. The van der Waals surface area contributed by atoms with Gasteiger partial charge in [0.15, 0.2) is 5.65 Å². The summed E-state index contributed by atoms with van der Waals surface area (Å²) in [6.07, 6.45) is 9.81. The van der Waals surface area contributed by atoms with Gasteiger partial charge >= 0.3 is 5.69 Å². The number of anilines is 1. The van der Waals surface area contributed by atoms with Crippen LogP contribution in [0.15, 0.2) is 47.9 Å². The largest absolute Gasteiger partial charge is 0.348 e. The number of rotatable bonds is 9. The number of imidazole rings is 1. The average molecular weight is 530 g/mol. The number of benzene rings is 1. The van der Waals surface area contributed by atoms with Crippen LogP contribution in [-0.4, -0.2) is 61.4 Å². The zero-order valence-corrected chi connectivity index (χ0v) is 23.0. The maximum atomic E-state index is 12.1. The van der Waals surface area contributed by atoms with Crippen molar-refractivity contribution in [3.05, 3.63) is 64.7 Å². The molecule has 1 saturated heterocycles. The summed E-state index contributed by atoms with van der Waals surface area (Å²) < 4.78 is 1.61. The van der Waals surface area contributed by atoms with Gasteiger partial charge in [-0.25, -0.2) is 9.78 Å². The Balaban J connectivity index is 1.18. The smallest absolute Gasteiger partial charge is 0.327 e. The summed E-state index contributed by atoms with van der Waals surface area (Å²) in [5, 5.41) is 3.41. The number of H-pyrrole nitrogens is 1. The van der Waals surface area contributed by atoms with Crippen molar-refractivity contribution in [2.24, 2.45) is 11.3 Å². The van der Waals surface area contributed by atoms with Crippen LogP contribution in [0.1, 0.15) is 69.2 Å². The Bertz CT molecular complexity index is 1410. The van der Waals surface area contributed by atoms with Crippen LogP contribution < -0.4 is 11.0 Å². The van der Waals surface area contributed by atoms with E-state index < -0.39 is 0 Å². The lowest BCUT2D eigenvalue weighted by Crippen LogP contribution is -2.50. The molecule has 9 heteroatoms. The van der Waals surface area contributed by atoms with Crippen LogP contribution in [0.2, 0.25) is 0 Å². The molecule has 2 bridgehead atoms. The van der Waals surface area contributed by atoms with E-state index in [4.69, 9.17) is 0 Å². The molecule has 1 amide bonds. The highest BCUT2D eigenvalue weighted by Crippen LogP contribution is 2.62. The van der Waals surface area contributed by atoms with Gasteiger partial charge in [0.1, 0.15) is 5.52 Å². The van der Waals surface area contributed by atoms with E-state index in [9.17, 15) is 9.59 Å². The van der Waals surface area contributed by atoms with Gasteiger partial charge in [-0.3, -0.25) is 14.3 Å². The number of aryl methyl sites for hydroxylation is 1. The van der Waals surface area contributed by atoms with Crippen LogP contribution in [0, 0.1) is 11.3 Å². The molecule has 4 fully saturated rings. The standard InChI is InChI=1S/C30H39N7O2/c1-4-26(38)36-14-12-35(13-15-36)25(18-30-11-10-21(16-30)17-30)23-8-6-22(7-9-23)20(3)32-28-31-19-24-27(34-28)37(5-2)29(39)33-24/h4,6-9,19-21,25H,1,5,10-18H2,2-3H3,(H,33,39)(H,31,32,34)/t20-,21?,25+,30?/m0/s1. The molecule has 7 rings (SSSR count). The Morgan fingerprint density at radius 2 is 1.92 bits per heavy atom. The molecule has 0 unspecified atom stereocenters. The molecular formula is C30H39N7O2. The summed E-state index contributed by atoms with van der Waals surface area (Å²) in [7, 11) is 0. The quantitative estimate of drug-likeness (QED) is 0.402. The number of carbonyl (C=O) groups is 1. The number of hydrogen-bond acceptors (Lipinski definition) is 6. The summed E-state index contributed by atoms with van der Waals surface area (Å²) in [5.41, 5.74) is 4.11. The third kappa shape index (κ3) is 4.88. The van der Waals surface area contributed by atoms with Crippen LogP contribution in [0.4, 0.5) is 5.95 Å². The number of hydrogen-bond donors (Lipinski definition) is 2. The molecule has 0 spiro atoms. The van der Waals surface area contributed by atoms with Crippen molar-refractivity contribution < 1.29 is 4.79 Å². The fourth-order valence-electron chi connectivity index (χ4n) is 7.20. The Hall–Kier alpha value is -3.46. The number of amides is 1. The van der Waals surface area contributed by atoms with Gasteiger partial charge in [0.2, 0.25) is 11.9 Å². The first kappa shape index (κ1) is 25.8. The molecule has 3 saturated carbocycles. The molecule has 3 aliphatic carbocycles. The van der Waals surface area contributed by atoms with Crippen LogP contribution in [0.5, 0.6) is 0 Å². The molecule has 39 heavy (non-hydrogen) atoms. The molecule has 1 aliphatic heterocycles. The topological polar surface area (TPSA) is 99.2 Å². The summed E-state index contributed by atoms with van der Waals surface area (Å²) in [6.45, 7) is 11.5. The van der Waals surface area contributed by atoms with Gasteiger partial charge in [0.25, 0.3) is 0 Å². The number of nitrogens with zero attached hydrogens (tertiary/aromatic N) is 5. The van der Waals surface area contributed by atoms with Crippen LogP contribution in [0.3, 0.4) is 0 Å². The third-order valence-electron chi connectivity index (χ3n) is 9.39. The van der Waals surface area contributed by atoms with Gasteiger partial charge in [-0.15, -0.1) is 0 Å². The summed E-state index contributed by atoms with van der Waals surface area (Å²) in [4.78, 5) is 40.6. The Labute approximate surface area is 229 Å². The zero-order valence-electron chi connectivity index (χ0n) is 23.0. The van der Waals surface area contributed by atoms with E-state index in [1.165, 1.54) is 43.7 Å². The fourth-order valence-corrected chi connectivity index (χ4v) is 7.20. The zero-order chi connectivity index (χ0) is 27.1. The molecule has 1 aromatic carbocycles. The van der Waals surface area contributed by atoms with Crippen molar-refractivity contribution in [2.45, 2.75) is 64.6 Å². The molecular weight excluding hydrogens is 490 g/mol. The minimum atomic E-state index is -0.166. The van der Waals surface area contributed by atoms with Crippen molar-refractivity contribution in [3.63, 3.8) is 0 Å². The summed E-state index contributed by atoms with van der Waals surface area (Å²) in [5.74, 6) is 1.48. The van der Waals surface area contributed by atoms with E-state index >= 15 is 0 Å². The van der Waals surface area contributed by atoms with Crippen molar-refractivity contribution >= 4 is 23.0 Å². The number of aromatic amines is 1. The van der Waals surface area contributed by atoms with E-state index in [0.717, 1.165) is 37.7 Å². The van der Waals surface area contributed by atoms with Gasteiger partial charge in [-0.05, 0) is 74.5 Å². The normalized spacial score (nSPS) is 24.4. The van der Waals surface area contributed by atoms with Gasteiger partial charge < -0.3 is 15.2 Å². The molecule has 9 nitrogen and oxygen atoms in total. The van der Waals surface area contributed by atoms with E-state index in [0.29, 0.717) is 35.1 Å². The maximum absolute atomic E-state index is 12.1. The highest BCUT2D eigenvalue weighted by Gasteiger charge is 2.51.